The van der Waals surface area contributed by atoms with Crippen LogP contribution in [0, 0.1) is 0 Å². The first-order valence-corrected chi connectivity index (χ1v) is 12.1. The van der Waals surface area contributed by atoms with E-state index in [4.69, 9.17) is 0 Å². The molecule has 0 spiro atoms. The molecule has 0 bridgehead atoms. The fourth-order valence-electron chi connectivity index (χ4n) is 4.48. The first-order valence-electron chi connectivity index (χ1n) is 10.6. The number of para-hydroxylation sites is 1. The highest BCUT2D eigenvalue weighted by Crippen LogP contribution is 2.28. The van der Waals surface area contributed by atoms with Crippen molar-refractivity contribution < 1.29 is 13.2 Å². The molecule has 3 aromatic rings. The number of rotatable bonds is 4. The second-order valence-electron chi connectivity index (χ2n) is 8.11. The van der Waals surface area contributed by atoms with Crippen molar-refractivity contribution in [2.45, 2.75) is 11.3 Å². The number of hydrogen-bond donors (Lipinski definition) is 0. The first-order chi connectivity index (χ1) is 15.0. The van der Waals surface area contributed by atoms with Crippen LogP contribution in [0.25, 0.3) is 10.8 Å². The number of amides is 1. The van der Waals surface area contributed by atoms with Crippen molar-refractivity contribution in [1.29, 1.82) is 0 Å². The molecule has 6 nitrogen and oxygen atoms in total. The van der Waals surface area contributed by atoms with Crippen LogP contribution in [-0.2, 0) is 21.2 Å². The number of anilines is 1. The molecule has 0 atom stereocenters. The van der Waals surface area contributed by atoms with Crippen molar-refractivity contribution in [2.75, 3.05) is 44.2 Å². The van der Waals surface area contributed by atoms with E-state index >= 15 is 0 Å². The molecule has 2 aliphatic rings. The van der Waals surface area contributed by atoms with Gasteiger partial charge in [-0.3, -0.25) is 9.69 Å². The Balaban J connectivity index is 1.23. The minimum absolute atomic E-state index is 0.0794. The molecule has 0 unspecified atom stereocenters. The van der Waals surface area contributed by atoms with Crippen LogP contribution in [0.4, 0.5) is 5.69 Å². The lowest BCUT2D eigenvalue weighted by molar-refractivity contribution is -0.119. The third-order valence-electron chi connectivity index (χ3n) is 6.24. The lowest BCUT2D eigenvalue weighted by atomic mass is 10.1. The van der Waals surface area contributed by atoms with Crippen LogP contribution in [0.15, 0.2) is 71.6 Å². The summed E-state index contributed by atoms with van der Waals surface area (Å²) in [7, 11) is -3.55. The maximum Gasteiger partial charge on any atom is 0.243 e. The summed E-state index contributed by atoms with van der Waals surface area (Å²) in [6, 6.07) is 21.0. The van der Waals surface area contributed by atoms with Crippen molar-refractivity contribution in [3.63, 3.8) is 0 Å². The Kier molecular flexibility index (Phi) is 5.25. The monoisotopic (exact) mass is 435 g/mol. The molecule has 0 radical (unpaired) electrons. The Labute approximate surface area is 182 Å². The molecular weight excluding hydrogens is 410 g/mol. The van der Waals surface area contributed by atoms with E-state index in [1.54, 1.807) is 12.1 Å². The van der Waals surface area contributed by atoms with Gasteiger partial charge in [0.15, 0.2) is 0 Å². The van der Waals surface area contributed by atoms with E-state index < -0.39 is 10.0 Å². The zero-order valence-electron chi connectivity index (χ0n) is 17.3. The highest BCUT2D eigenvalue weighted by atomic mass is 32.2. The summed E-state index contributed by atoms with van der Waals surface area (Å²) in [5.74, 6) is 0.0794. The van der Waals surface area contributed by atoms with Gasteiger partial charge in [0.1, 0.15) is 0 Å². The summed E-state index contributed by atoms with van der Waals surface area (Å²) in [6.07, 6.45) is 0.889. The van der Waals surface area contributed by atoms with E-state index in [2.05, 4.69) is 11.0 Å². The highest BCUT2D eigenvalue weighted by molar-refractivity contribution is 7.89. The van der Waals surface area contributed by atoms with Crippen LogP contribution in [0.3, 0.4) is 0 Å². The molecule has 1 amide bonds. The van der Waals surface area contributed by atoms with Crippen LogP contribution in [0.5, 0.6) is 0 Å². The number of carbonyl (C=O) groups is 1. The van der Waals surface area contributed by atoms with E-state index in [0.29, 0.717) is 44.2 Å². The standard InChI is InChI=1S/C24H25N3O3S/c28-24(27-12-11-20-6-3-4-8-23(20)27)18-25-13-15-26(16-14-25)31(29,30)22-10-9-19-5-1-2-7-21(19)17-22/h1-10,17H,11-16,18H2. The predicted octanol–water partition coefficient (Wildman–Crippen LogP) is 2.74. The number of fused-ring (bicyclic) bond motifs is 2. The molecule has 31 heavy (non-hydrogen) atoms. The topological polar surface area (TPSA) is 60.9 Å². The van der Waals surface area contributed by atoms with E-state index in [1.807, 2.05) is 53.4 Å². The number of piperazine rings is 1. The maximum atomic E-state index is 13.1. The molecule has 1 saturated heterocycles. The largest absolute Gasteiger partial charge is 0.311 e. The van der Waals surface area contributed by atoms with E-state index in [9.17, 15) is 13.2 Å². The number of hydrogen-bond acceptors (Lipinski definition) is 4. The van der Waals surface area contributed by atoms with Gasteiger partial charge >= 0.3 is 0 Å². The molecule has 5 rings (SSSR count). The average molecular weight is 436 g/mol. The van der Waals surface area contributed by atoms with Gasteiger partial charge in [0.05, 0.1) is 11.4 Å². The Hall–Kier alpha value is -2.74. The summed E-state index contributed by atoms with van der Waals surface area (Å²) >= 11 is 0. The van der Waals surface area contributed by atoms with E-state index in [0.717, 1.165) is 22.9 Å². The molecule has 1 fully saturated rings. The quantitative estimate of drug-likeness (QED) is 0.632. The van der Waals surface area contributed by atoms with Crippen LogP contribution in [0.2, 0.25) is 0 Å². The first kappa shape index (κ1) is 20.2. The number of sulfonamides is 1. The minimum Gasteiger partial charge on any atom is -0.311 e. The second-order valence-corrected chi connectivity index (χ2v) is 10.1. The molecule has 0 saturated carbocycles. The van der Waals surface area contributed by atoms with Gasteiger partial charge in [-0.2, -0.15) is 4.31 Å². The minimum atomic E-state index is -3.55. The third-order valence-corrected chi connectivity index (χ3v) is 8.13. The molecule has 2 heterocycles. The van der Waals surface area contributed by atoms with Gasteiger partial charge in [0, 0.05) is 38.4 Å². The fraction of sp³-hybridized carbons (Fsp3) is 0.292. The Morgan fingerprint density at radius 3 is 2.32 bits per heavy atom. The normalized spacial score (nSPS) is 17.7. The van der Waals surface area contributed by atoms with E-state index in [1.165, 1.54) is 9.87 Å². The smallest absolute Gasteiger partial charge is 0.243 e. The van der Waals surface area contributed by atoms with Crippen LogP contribution in [-0.4, -0.2) is 62.8 Å². The molecule has 160 valence electrons. The molecule has 0 aromatic heterocycles. The summed E-state index contributed by atoms with van der Waals surface area (Å²) < 4.78 is 27.8. The summed E-state index contributed by atoms with van der Waals surface area (Å²) in [6.45, 7) is 2.91. The molecule has 2 aliphatic heterocycles. The zero-order valence-corrected chi connectivity index (χ0v) is 18.1. The van der Waals surface area contributed by atoms with Crippen molar-refractivity contribution in [3.05, 3.63) is 72.3 Å². The lowest BCUT2D eigenvalue weighted by Crippen LogP contribution is -2.51. The predicted molar refractivity (Wildman–Crippen MR) is 122 cm³/mol. The number of nitrogens with zero attached hydrogens (tertiary/aromatic N) is 3. The maximum absolute atomic E-state index is 13.1. The van der Waals surface area contributed by atoms with E-state index in [-0.39, 0.29) is 5.91 Å². The van der Waals surface area contributed by atoms with Crippen LogP contribution in [0.1, 0.15) is 5.56 Å². The van der Waals surface area contributed by atoms with Crippen LogP contribution >= 0.6 is 0 Å². The Morgan fingerprint density at radius 1 is 0.806 bits per heavy atom. The average Bonchev–Trinajstić information content (AvgIpc) is 3.23. The molecule has 0 N–H and O–H groups in total. The summed E-state index contributed by atoms with van der Waals surface area (Å²) in [5, 5.41) is 1.94. The molecular formula is C24H25N3O3S. The fourth-order valence-corrected chi connectivity index (χ4v) is 5.94. The van der Waals surface area contributed by atoms with Gasteiger partial charge in [-0.25, -0.2) is 8.42 Å². The number of benzene rings is 3. The number of carbonyl (C=O) groups excluding carboxylic acids is 1. The van der Waals surface area contributed by atoms with Crippen molar-refractivity contribution in [2.24, 2.45) is 0 Å². The van der Waals surface area contributed by atoms with Crippen molar-refractivity contribution in [1.82, 2.24) is 9.21 Å². The molecule has 3 aromatic carbocycles. The van der Waals surface area contributed by atoms with Gasteiger partial charge in [-0.05, 0) is 41.0 Å². The molecule has 7 heteroatoms. The lowest BCUT2D eigenvalue weighted by Gasteiger charge is -2.34. The summed E-state index contributed by atoms with van der Waals surface area (Å²) in [4.78, 5) is 17.1. The Bertz CT molecular complexity index is 1230. The summed E-state index contributed by atoms with van der Waals surface area (Å²) in [5.41, 5.74) is 2.21. The van der Waals surface area contributed by atoms with Crippen molar-refractivity contribution >= 4 is 32.4 Å². The Morgan fingerprint density at radius 2 is 1.52 bits per heavy atom. The van der Waals surface area contributed by atoms with Gasteiger partial charge in [-0.15, -0.1) is 0 Å². The van der Waals surface area contributed by atoms with Gasteiger partial charge in [0.2, 0.25) is 15.9 Å². The second kappa shape index (κ2) is 8.07. The third kappa shape index (κ3) is 3.84. The zero-order chi connectivity index (χ0) is 21.4. The van der Waals surface area contributed by atoms with Gasteiger partial charge in [0.25, 0.3) is 0 Å². The SMILES string of the molecule is O=C(CN1CCN(S(=O)(=O)c2ccc3ccccc3c2)CC1)N1CCc2ccccc21. The molecule has 0 aliphatic carbocycles. The highest BCUT2D eigenvalue weighted by Gasteiger charge is 2.31. The van der Waals surface area contributed by atoms with Gasteiger partial charge in [-0.1, -0.05) is 48.5 Å². The van der Waals surface area contributed by atoms with Crippen molar-refractivity contribution in [3.8, 4) is 0 Å². The van der Waals surface area contributed by atoms with Gasteiger partial charge < -0.3 is 4.90 Å². The van der Waals surface area contributed by atoms with Crippen LogP contribution < -0.4 is 4.90 Å².